The molecule has 10 heteroatoms. The fourth-order valence-electron chi connectivity index (χ4n) is 3.86. The van der Waals surface area contributed by atoms with E-state index in [0.717, 1.165) is 31.2 Å². The first-order valence-electron chi connectivity index (χ1n) is 14.0. The first-order valence-corrected chi connectivity index (χ1v) is 17.2. The standard InChI is InChI=1S/C29H47N2O6PS/c1-5-7-20-36-38(32,37-21-8-6-2)24-35-28-14-16-29(17-15-28)39(33,34)31(23-25(3)4)19-18-27(30)22-26-12-10-9-11-13-26/h9-17,25,27H,5-8,18-24,30H2,1-4H3/t27-/m1/s1. The van der Waals surface area contributed by atoms with E-state index in [-0.39, 0.29) is 23.2 Å². The van der Waals surface area contributed by atoms with Crippen molar-refractivity contribution in [2.24, 2.45) is 11.7 Å². The number of unbranched alkanes of at least 4 members (excludes halogenated alkanes) is 2. The molecule has 2 N–H and O–H groups in total. The molecule has 0 aliphatic carbocycles. The lowest BCUT2D eigenvalue weighted by Crippen LogP contribution is -2.38. The molecule has 0 aromatic heterocycles. The van der Waals surface area contributed by atoms with Crippen molar-refractivity contribution < 1.29 is 26.8 Å². The van der Waals surface area contributed by atoms with E-state index in [9.17, 15) is 13.0 Å². The third-order valence-electron chi connectivity index (χ3n) is 6.08. The van der Waals surface area contributed by atoms with Crippen LogP contribution in [0.25, 0.3) is 0 Å². The molecular formula is C29H47N2O6PS. The molecule has 2 rings (SSSR count). The van der Waals surface area contributed by atoms with E-state index in [1.807, 2.05) is 58.0 Å². The Bertz CT molecular complexity index is 1080. The number of hydrogen-bond acceptors (Lipinski definition) is 7. The van der Waals surface area contributed by atoms with Crippen molar-refractivity contribution in [3.63, 3.8) is 0 Å². The van der Waals surface area contributed by atoms with E-state index in [1.54, 1.807) is 12.1 Å². The lowest BCUT2D eigenvalue weighted by atomic mass is 10.0. The summed E-state index contributed by atoms with van der Waals surface area (Å²) < 4.78 is 58.5. The molecule has 0 aliphatic rings. The maximum Gasteiger partial charge on any atom is 0.367 e. The van der Waals surface area contributed by atoms with Gasteiger partial charge in [-0.25, -0.2) is 8.42 Å². The average molecular weight is 583 g/mol. The maximum atomic E-state index is 13.5. The molecule has 220 valence electrons. The molecule has 0 radical (unpaired) electrons. The molecule has 0 saturated heterocycles. The molecule has 0 fully saturated rings. The van der Waals surface area contributed by atoms with E-state index >= 15 is 0 Å². The third kappa shape index (κ3) is 12.1. The highest BCUT2D eigenvalue weighted by molar-refractivity contribution is 7.89. The second-order valence-corrected chi connectivity index (χ2v) is 14.2. The second kappa shape index (κ2) is 17.2. The lowest BCUT2D eigenvalue weighted by Gasteiger charge is -2.25. The first kappa shape index (κ1) is 33.5. The number of benzene rings is 2. The van der Waals surface area contributed by atoms with Crippen LogP contribution in [0.3, 0.4) is 0 Å². The number of rotatable bonds is 20. The molecule has 0 heterocycles. The number of nitrogens with two attached hydrogens (primary N) is 1. The molecule has 0 bridgehead atoms. The van der Waals surface area contributed by atoms with Gasteiger partial charge in [-0.05, 0) is 61.4 Å². The summed E-state index contributed by atoms with van der Waals surface area (Å²) >= 11 is 0. The van der Waals surface area contributed by atoms with Crippen LogP contribution in [0, 0.1) is 5.92 Å². The Balaban J connectivity index is 2.05. The molecular weight excluding hydrogens is 535 g/mol. The predicted octanol–water partition coefficient (Wildman–Crippen LogP) is 6.46. The van der Waals surface area contributed by atoms with E-state index < -0.39 is 17.6 Å². The molecule has 0 amide bonds. The summed E-state index contributed by atoms with van der Waals surface area (Å²) in [6.07, 6.45) is 4.39. The van der Waals surface area contributed by atoms with Gasteiger partial charge in [0.2, 0.25) is 10.0 Å². The van der Waals surface area contributed by atoms with Crippen LogP contribution >= 0.6 is 7.60 Å². The van der Waals surface area contributed by atoms with E-state index in [2.05, 4.69) is 0 Å². The number of hydrogen-bond donors (Lipinski definition) is 1. The van der Waals surface area contributed by atoms with Crippen LogP contribution in [-0.2, 0) is 30.1 Å². The van der Waals surface area contributed by atoms with Crippen molar-refractivity contribution >= 4 is 17.6 Å². The van der Waals surface area contributed by atoms with Crippen molar-refractivity contribution in [1.29, 1.82) is 0 Å². The second-order valence-electron chi connectivity index (χ2n) is 10.2. The highest BCUT2D eigenvalue weighted by Crippen LogP contribution is 2.48. The Morgan fingerprint density at radius 3 is 2.05 bits per heavy atom. The Hall–Kier alpha value is -1.74. The fraction of sp³-hybridized carbons (Fsp3) is 0.586. The first-order chi connectivity index (χ1) is 18.6. The molecule has 0 aliphatic heterocycles. The molecule has 0 unspecified atom stereocenters. The van der Waals surface area contributed by atoms with Crippen molar-refractivity contribution in [1.82, 2.24) is 4.31 Å². The lowest BCUT2D eigenvalue weighted by molar-refractivity contribution is 0.180. The van der Waals surface area contributed by atoms with Crippen LogP contribution in [0.4, 0.5) is 0 Å². The molecule has 39 heavy (non-hydrogen) atoms. The summed E-state index contributed by atoms with van der Waals surface area (Å²) in [7, 11) is -7.16. The zero-order chi connectivity index (χ0) is 28.7. The van der Waals surface area contributed by atoms with Gasteiger partial charge in [-0.3, -0.25) is 4.57 Å². The zero-order valence-electron chi connectivity index (χ0n) is 24.0. The predicted molar refractivity (Wildman–Crippen MR) is 158 cm³/mol. The van der Waals surface area contributed by atoms with Gasteiger partial charge < -0.3 is 19.5 Å². The molecule has 0 saturated carbocycles. The molecule has 1 atom stereocenters. The number of ether oxygens (including phenoxy) is 1. The minimum atomic E-state index is -3.74. The minimum absolute atomic E-state index is 0.150. The molecule has 2 aromatic rings. The van der Waals surface area contributed by atoms with Crippen molar-refractivity contribution in [2.75, 3.05) is 32.7 Å². The van der Waals surface area contributed by atoms with Crippen LogP contribution in [0.1, 0.15) is 65.4 Å². The third-order valence-corrected chi connectivity index (χ3v) is 9.56. The monoisotopic (exact) mass is 582 g/mol. The molecule has 2 aromatic carbocycles. The quantitative estimate of drug-likeness (QED) is 0.141. The highest BCUT2D eigenvalue weighted by atomic mass is 32.2. The van der Waals surface area contributed by atoms with Crippen molar-refractivity contribution in [2.45, 2.75) is 77.2 Å². The Morgan fingerprint density at radius 2 is 1.51 bits per heavy atom. The van der Waals surface area contributed by atoms with Crippen LogP contribution in [0.5, 0.6) is 5.75 Å². The van der Waals surface area contributed by atoms with Gasteiger partial charge in [-0.2, -0.15) is 4.31 Å². The van der Waals surface area contributed by atoms with Gasteiger partial charge in [-0.1, -0.05) is 70.9 Å². The van der Waals surface area contributed by atoms with E-state index in [0.29, 0.717) is 44.9 Å². The van der Waals surface area contributed by atoms with Crippen LogP contribution in [0.15, 0.2) is 59.5 Å². The summed E-state index contributed by atoms with van der Waals surface area (Å²) in [6, 6.07) is 16.0. The average Bonchev–Trinajstić information content (AvgIpc) is 2.91. The molecule has 0 spiro atoms. The molecule has 8 nitrogen and oxygen atoms in total. The summed E-state index contributed by atoms with van der Waals surface area (Å²) in [5, 5.41) is 0. The SMILES string of the molecule is CCCCOP(=O)(COc1ccc(S(=O)(=O)N(CC[C@@H](N)Cc2ccccc2)CC(C)C)cc1)OCCCC. The summed E-state index contributed by atoms with van der Waals surface area (Å²) in [5.41, 5.74) is 7.48. The van der Waals surface area contributed by atoms with Gasteiger partial charge in [0.15, 0.2) is 6.35 Å². The van der Waals surface area contributed by atoms with Crippen molar-refractivity contribution in [3.05, 3.63) is 60.2 Å². The van der Waals surface area contributed by atoms with Gasteiger partial charge >= 0.3 is 7.60 Å². The summed E-state index contributed by atoms with van der Waals surface area (Å²) in [5.74, 6) is 0.551. The summed E-state index contributed by atoms with van der Waals surface area (Å²) in [6.45, 7) is 9.44. The van der Waals surface area contributed by atoms with Gasteiger partial charge in [-0.15, -0.1) is 0 Å². The Morgan fingerprint density at radius 1 is 0.923 bits per heavy atom. The van der Waals surface area contributed by atoms with Gasteiger partial charge in [0.1, 0.15) is 5.75 Å². The van der Waals surface area contributed by atoms with Crippen LogP contribution in [-0.4, -0.2) is 51.4 Å². The Kier molecular flexibility index (Phi) is 14.7. The topological polar surface area (TPSA) is 108 Å². The highest BCUT2D eigenvalue weighted by Gasteiger charge is 2.27. The van der Waals surface area contributed by atoms with Crippen molar-refractivity contribution in [3.8, 4) is 5.75 Å². The largest absolute Gasteiger partial charge is 0.481 e. The van der Waals surface area contributed by atoms with Crippen LogP contribution < -0.4 is 10.5 Å². The normalized spacial score (nSPS) is 13.2. The van der Waals surface area contributed by atoms with Gasteiger partial charge in [0.05, 0.1) is 18.1 Å². The minimum Gasteiger partial charge on any atom is -0.481 e. The zero-order valence-corrected chi connectivity index (χ0v) is 25.7. The summed E-state index contributed by atoms with van der Waals surface area (Å²) in [4.78, 5) is 0.175. The number of sulfonamides is 1. The Labute approximate surface area is 235 Å². The maximum absolute atomic E-state index is 13.5. The van der Waals surface area contributed by atoms with Gasteiger partial charge in [0, 0.05) is 19.1 Å². The number of nitrogens with zero attached hydrogens (tertiary/aromatic N) is 1. The fourth-order valence-corrected chi connectivity index (χ4v) is 6.83. The van der Waals surface area contributed by atoms with Crippen LogP contribution in [0.2, 0.25) is 0 Å². The van der Waals surface area contributed by atoms with E-state index in [4.69, 9.17) is 19.5 Å². The van der Waals surface area contributed by atoms with Gasteiger partial charge in [0.25, 0.3) is 0 Å². The van der Waals surface area contributed by atoms with E-state index in [1.165, 1.54) is 16.4 Å². The smallest absolute Gasteiger partial charge is 0.367 e.